The van der Waals surface area contributed by atoms with E-state index < -0.39 is 0 Å². The molecule has 0 atom stereocenters. The van der Waals surface area contributed by atoms with Crippen molar-refractivity contribution in [2.75, 3.05) is 0 Å². The highest BCUT2D eigenvalue weighted by molar-refractivity contribution is 9.10. The zero-order valence-corrected chi connectivity index (χ0v) is 13.3. The minimum absolute atomic E-state index is 0.348. The van der Waals surface area contributed by atoms with E-state index in [-0.39, 0.29) is 0 Å². The van der Waals surface area contributed by atoms with Gasteiger partial charge in [0.15, 0.2) is 0 Å². The van der Waals surface area contributed by atoms with Crippen molar-refractivity contribution in [3.63, 3.8) is 0 Å². The van der Waals surface area contributed by atoms with Crippen LogP contribution in [0.4, 0.5) is 0 Å². The third kappa shape index (κ3) is 3.47. The molecule has 0 fully saturated rings. The molecular weight excluding hydrogens is 346 g/mol. The van der Waals surface area contributed by atoms with Crippen LogP contribution in [0.2, 0.25) is 5.02 Å². The third-order valence-corrected chi connectivity index (χ3v) is 3.67. The Morgan fingerprint density at radius 1 is 1.21 bits per heavy atom. The third-order valence-electron chi connectivity index (χ3n) is 2.52. The van der Waals surface area contributed by atoms with Crippen LogP contribution in [0.1, 0.15) is 11.1 Å². The lowest BCUT2D eigenvalue weighted by Gasteiger charge is -2.10. The van der Waals surface area contributed by atoms with Gasteiger partial charge in [0.2, 0.25) is 0 Å². The predicted molar refractivity (Wildman–Crippen MR) is 86.3 cm³/mol. The normalized spacial score (nSPS) is 10.3. The largest absolute Gasteiger partial charge is 0.455 e. The van der Waals surface area contributed by atoms with Crippen molar-refractivity contribution in [2.24, 2.45) is 5.73 Å². The Morgan fingerprint density at radius 2 is 1.89 bits per heavy atom. The Morgan fingerprint density at radius 3 is 2.47 bits per heavy atom. The zero-order chi connectivity index (χ0) is 14.0. The van der Waals surface area contributed by atoms with Crippen LogP contribution in [-0.2, 0) is 0 Å². The van der Waals surface area contributed by atoms with Crippen LogP contribution in [0.25, 0.3) is 0 Å². The number of rotatable bonds is 3. The number of aryl methyl sites for hydroxylation is 1. The maximum absolute atomic E-state index is 6.13. The Labute approximate surface area is 130 Å². The minimum Gasteiger partial charge on any atom is -0.455 e. The summed E-state index contributed by atoms with van der Waals surface area (Å²) in [6, 6.07) is 11.1. The second-order valence-corrected chi connectivity index (χ2v) is 5.75. The first kappa shape index (κ1) is 14.3. The summed E-state index contributed by atoms with van der Waals surface area (Å²) >= 11 is 14.5. The average Bonchev–Trinajstić information content (AvgIpc) is 2.34. The number of hydrogen-bond donors (Lipinski definition) is 1. The lowest BCUT2D eigenvalue weighted by atomic mass is 10.2. The molecule has 0 spiro atoms. The van der Waals surface area contributed by atoms with Crippen LogP contribution in [0.15, 0.2) is 40.9 Å². The van der Waals surface area contributed by atoms with Gasteiger partial charge in [-0.05, 0) is 58.7 Å². The molecule has 2 aromatic rings. The lowest BCUT2D eigenvalue weighted by Crippen LogP contribution is -2.09. The molecule has 0 heterocycles. The van der Waals surface area contributed by atoms with Crippen LogP contribution < -0.4 is 10.5 Å². The van der Waals surface area contributed by atoms with Crippen LogP contribution in [-0.4, -0.2) is 4.99 Å². The Hall–Kier alpha value is -1.10. The molecule has 0 radical (unpaired) electrons. The first-order valence-electron chi connectivity index (χ1n) is 5.51. The van der Waals surface area contributed by atoms with E-state index in [1.807, 2.05) is 37.3 Å². The van der Waals surface area contributed by atoms with Crippen molar-refractivity contribution in [3.8, 4) is 11.5 Å². The van der Waals surface area contributed by atoms with Gasteiger partial charge in [0.05, 0.1) is 9.50 Å². The molecule has 98 valence electrons. The van der Waals surface area contributed by atoms with Crippen molar-refractivity contribution in [2.45, 2.75) is 6.92 Å². The smallest absolute Gasteiger partial charge is 0.146 e. The summed E-state index contributed by atoms with van der Waals surface area (Å²) in [5, 5.41) is 0.574. The first-order chi connectivity index (χ1) is 8.97. The van der Waals surface area contributed by atoms with E-state index in [1.165, 1.54) is 0 Å². The summed E-state index contributed by atoms with van der Waals surface area (Å²) in [6.07, 6.45) is 0. The van der Waals surface area contributed by atoms with Gasteiger partial charge in [-0.25, -0.2) is 0 Å². The molecule has 2 rings (SSSR count). The maximum Gasteiger partial charge on any atom is 0.146 e. The molecule has 0 amide bonds. The fraction of sp³-hybridized carbons (Fsp3) is 0.0714. The minimum atomic E-state index is 0.348. The van der Waals surface area contributed by atoms with E-state index in [0.29, 0.717) is 21.5 Å². The van der Waals surface area contributed by atoms with Gasteiger partial charge in [-0.1, -0.05) is 29.9 Å². The summed E-state index contributed by atoms with van der Waals surface area (Å²) in [5.41, 5.74) is 7.44. The van der Waals surface area contributed by atoms with E-state index in [1.54, 1.807) is 6.07 Å². The summed E-state index contributed by atoms with van der Waals surface area (Å²) in [5.74, 6) is 1.27. The SMILES string of the molecule is Cc1ccc(Oc2ccc(C(N)=S)cc2Br)c(Cl)c1. The Balaban J connectivity index is 2.31. The highest BCUT2D eigenvalue weighted by Crippen LogP contribution is 2.34. The van der Waals surface area contributed by atoms with E-state index in [4.69, 9.17) is 34.3 Å². The van der Waals surface area contributed by atoms with Crippen LogP contribution >= 0.6 is 39.7 Å². The molecule has 0 unspecified atom stereocenters. The van der Waals surface area contributed by atoms with Crippen LogP contribution in [0.5, 0.6) is 11.5 Å². The van der Waals surface area contributed by atoms with Gasteiger partial charge >= 0.3 is 0 Å². The molecule has 2 nitrogen and oxygen atoms in total. The Bertz CT molecular complexity index is 645. The van der Waals surface area contributed by atoms with E-state index in [9.17, 15) is 0 Å². The number of halogens is 2. The van der Waals surface area contributed by atoms with Crippen molar-refractivity contribution in [1.82, 2.24) is 0 Å². The number of nitrogens with two attached hydrogens (primary N) is 1. The molecule has 0 aliphatic heterocycles. The number of benzene rings is 2. The van der Waals surface area contributed by atoms with Crippen LogP contribution in [0.3, 0.4) is 0 Å². The molecule has 0 aromatic heterocycles. The molecule has 0 saturated heterocycles. The van der Waals surface area contributed by atoms with E-state index in [2.05, 4.69) is 15.9 Å². The highest BCUT2D eigenvalue weighted by atomic mass is 79.9. The number of hydrogen-bond acceptors (Lipinski definition) is 2. The standard InChI is InChI=1S/C14H11BrClNOS/c1-8-2-4-13(11(16)6-8)18-12-5-3-9(14(17)19)7-10(12)15/h2-7H,1H3,(H2,17,19). The van der Waals surface area contributed by atoms with Gasteiger partial charge in [0, 0.05) is 5.56 Å². The Kier molecular flexibility index (Phi) is 4.45. The second-order valence-electron chi connectivity index (χ2n) is 4.05. The molecule has 0 bridgehead atoms. The summed E-state index contributed by atoms with van der Waals surface area (Å²) < 4.78 is 6.54. The first-order valence-corrected chi connectivity index (χ1v) is 7.08. The quantitative estimate of drug-likeness (QED) is 0.799. The summed E-state index contributed by atoms with van der Waals surface area (Å²) in [4.78, 5) is 0.348. The zero-order valence-electron chi connectivity index (χ0n) is 10.1. The predicted octanol–water partition coefficient (Wildman–Crippen LogP) is 4.84. The van der Waals surface area contributed by atoms with Gasteiger partial charge in [0.25, 0.3) is 0 Å². The molecule has 19 heavy (non-hydrogen) atoms. The fourth-order valence-electron chi connectivity index (χ4n) is 1.54. The van der Waals surface area contributed by atoms with Gasteiger partial charge < -0.3 is 10.5 Å². The van der Waals surface area contributed by atoms with Gasteiger partial charge in [-0.3, -0.25) is 0 Å². The number of thiocarbonyl (C=S) groups is 1. The fourth-order valence-corrected chi connectivity index (χ4v) is 2.40. The second kappa shape index (κ2) is 5.90. The topological polar surface area (TPSA) is 35.2 Å². The lowest BCUT2D eigenvalue weighted by molar-refractivity contribution is 0.479. The molecule has 0 aliphatic rings. The highest BCUT2D eigenvalue weighted by Gasteiger charge is 2.08. The van der Waals surface area contributed by atoms with Crippen molar-refractivity contribution in [3.05, 3.63) is 57.0 Å². The molecule has 2 aromatic carbocycles. The molecule has 0 saturated carbocycles. The van der Waals surface area contributed by atoms with Gasteiger partial charge in [0.1, 0.15) is 16.5 Å². The van der Waals surface area contributed by atoms with Gasteiger partial charge in [-0.2, -0.15) is 0 Å². The monoisotopic (exact) mass is 355 g/mol. The van der Waals surface area contributed by atoms with Crippen LogP contribution in [0, 0.1) is 6.92 Å². The molecular formula is C14H11BrClNOS. The van der Waals surface area contributed by atoms with Crippen molar-refractivity contribution < 1.29 is 4.74 Å². The van der Waals surface area contributed by atoms with E-state index in [0.717, 1.165) is 15.6 Å². The summed E-state index contributed by atoms with van der Waals surface area (Å²) in [7, 11) is 0. The van der Waals surface area contributed by atoms with Crippen molar-refractivity contribution in [1.29, 1.82) is 0 Å². The van der Waals surface area contributed by atoms with E-state index >= 15 is 0 Å². The number of ether oxygens (including phenoxy) is 1. The van der Waals surface area contributed by atoms with Crippen molar-refractivity contribution >= 4 is 44.7 Å². The molecule has 0 aliphatic carbocycles. The molecule has 5 heteroatoms. The molecule has 2 N–H and O–H groups in total. The average molecular weight is 357 g/mol. The van der Waals surface area contributed by atoms with Gasteiger partial charge in [-0.15, -0.1) is 0 Å². The summed E-state index contributed by atoms with van der Waals surface area (Å²) in [6.45, 7) is 1.97. The maximum atomic E-state index is 6.13.